The molecule has 0 fully saturated rings. The fraction of sp³-hybridized carbons (Fsp3) is 0.417. The molecule has 0 radical (unpaired) electrons. The molecular weight excluding hydrogens is 256 g/mol. The van der Waals surface area contributed by atoms with E-state index in [9.17, 15) is 4.79 Å². The molecule has 0 heterocycles. The molecule has 94 valence electrons. The molecule has 3 nitrogen and oxygen atoms in total. The van der Waals surface area contributed by atoms with Crippen LogP contribution in [0.15, 0.2) is 24.3 Å². The van der Waals surface area contributed by atoms with Crippen molar-refractivity contribution in [3.63, 3.8) is 0 Å². The van der Waals surface area contributed by atoms with Crippen molar-refractivity contribution in [2.45, 2.75) is 12.2 Å². The number of thioether (sulfide) groups is 1. The zero-order chi connectivity index (χ0) is 12.5. The fourth-order valence-electron chi connectivity index (χ4n) is 1.22. The molecule has 17 heavy (non-hydrogen) atoms. The van der Waals surface area contributed by atoms with Crippen molar-refractivity contribution in [2.24, 2.45) is 5.73 Å². The lowest BCUT2D eigenvalue weighted by Gasteiger charge is -2.04. The predicted octanol–water partition coefficient (Wildman–Crippen LogP) is 2.04. The minimum atomic E-state index is 0.0670. The molecule has 0 bridgehead atoms. The van der Waals surface area contributed by atoms with E-state index in [-0.39, 0.29) is 5.91 Å². The molecule has 0 aromatic heterocycles. The van der Waals surface area contributed by atoms with Crippen molar-refractivity contribution in [1.82, 2.24) is 5.32 Å². The molecule has 1 rings (SSSR count). The lowest BCUT2D eigenvalue weighted by atomic mass is 10.2. The van der Waals surface area contributed by atoms with Gasteiger partial charge in [-0.15, -0.1) is 11.8 Å². The van der Waals surface area contributed by atoms with Crippen molar-refractivity contribution in [2.75, 3.05) is 18.8 Å². The number of amides is 1. The SMILES string of the molecule is NCCCNC(=O)CSCc1ccc(Cl)cc1. The summed E-state index contributed by atoms with van der Waals surface area (Å²) < 4.78 is 0. The quantitative estimate of drug-likeness (QED) is 0.747. The van der Waals surface area contributed by atoms with Gasteiger partial charge in [0.2, 0.25) is 5.91 Å². The summed E-state index contributed by atoms with van der Waals surface area (Å²) in [6, 6.07) is 7.67. The number of rotatable bonds is 7. The van der Waals surface area contributed by atoms with E-state index in [1.54, 1.807) is 11.8 Å². The molecule has 1 aromatic rings. The van der Waals surface area contributed by atoms with Gasteiger partial charge in [0.25, 0.3) is 0 Å². The Kier molecular flexibility index (Phi) is 7.08. The first-order chi connectivity index (χ1) is 8.22. The number of carbonyl (C=O) groups is 1. The van der Waals surface area contributed by atoms with Gasteiger partial charge in [0.05, 0.1) is 5.75 Å². The van der Waals surface area contributed by atoms with Crippen LogP contribution < -0.4 is 11.1 Å². The van der Waals surface area contributed by atoms with Gasteiger partial charge in [-0.3, -0.25) is 4.79 Å². The topological polar surface area (TPSA) is 55.1 Å². The van der Waals surface area contributed by atoms with E-state index in [1.165, 1.54) is 5.56 Å². The predicted molar refractivity (Wildman–Crippen MR) is 74.3 cm³/mol. The summed E-state index contributed by atoms with van der Waals surface area (Å²) in [6.45, 7) is 1.27. The molecule has 3 N–H and O–H groups in total. The van der Waals surface area contributed by atoms with Gasteiger partial charge in [0.1, 0.15) is 0 Å². The van der Waals surface area contributed by atoms with Crippen LogP contribution >= 0.6 is 23.4 Å². The second-order valence-corrected chi connectivity index (χ2v) is 5.03. The average Bonchev–Trinajstić information content (AvgIpc) is 2.32. The highest BCUT2D eigenvalue weighted by Crippen LogP contribution is 2.15. The third-order valence-electron chi connectivity index (χ3n) is 2.12. The van der Waals surface area contributed by atoms with Crippen LogP contribution in [-0.2, 0) is 10.5 Å². The summed E-state index contributed by atoms with van der Waals surface area (Å²) in [5.41, 5.74) is 6.51. The minimum Gasteiger partial charge on any atom is -0.355 e. The molecule has 0 aliphatic rings. The highest BCUT2D eigenvalue weighted by Gasteiger charge is 2.01. The van der Waals surface area contributed by atoms with Crippen molar-refractivity contribution >= 4 is 29.3 Å². The summed E-state index contributed by atoms with van der Waals surface area (Å²) in [6.07, 6.45) is 0.827. The van der Waals surface area contributed by atoms with Crippen LogP contribution in [0, 0.1) is 0 Å². The van der Waals surface area contributed by atoms with Gasteiger partial charge < -0.3 is 11.1 Å². The van der Waals surface area contributed by atoms with E-state index in [0.29, 0.717) is 18.8 Å². The van der Waals surface area contributed by atoms with Gasteiger partial charge in [-0.1, -0.05) is 23.7 Å². The first kappa shape index (κ1) is 14.4. The van der Waals surface area contributed by atoms with E-state index >= 15 is 0 Å². The van der Waals surface area contributed by atoms with Gasteiger partial charge in [-0.2, -0.15) is 0 Å². The number of hydrogen-bond acceptors (Lipinski definition) is 3. The molecule has 1 aromatic carbocycles. The number of halogens is 1. The van der Waals surface area contributed by atoms with Gasteiger partial charge in [-0.25, -0.2) is 0 Å². The maximum Gasteiger partial charge on any atom is 0.230 e. The van der Waals surface area contributed by atoms with E-state index in [1.807, 2.05) is 24.3 Å². The normalized spacial score (nSPS) is 10.2. The molecule has 1 amide bonds. The second kappa shape index (κ2) is 8.39. The Morgan fingerprint density at radius 1 is 1.35 bits per heavy atom. The molecule has 0 unspecified atom stereocenters. The molecule has 0 aliphatic carbocycles. The lowest BCUT2D eigenvalue weighted by molar-refractivity contribution is -0.118. The summed E-state index contributed by atoms with van der Waals surface area (Å²) in [5.74, 6) is 1.37. The zero-order valence-corrected chi connectivity index (χ0v) is 11.2. The number of benzene rings is 1. The zero-order valence-electron chi connectivity index (χ0n) is 9.62. The highest BCUT2D eigenvalue weighted by atomic mass is 35.5. The van der Waals surface area contributed by atoms with Crippen LogP contribution in [0.2, 0.25) is 5.02 Å². The van der Waals surface area contributed by atoms with Crippen LogP contribution in [0.3, 0.4) is 0 Å². The third-order valence-corrected chi connectivity index (χ3v) is 3.37. The Bertz CT molecular complexity index is 343. The number of hydrogen-bond donors (Lipinski definition) is 2. The molecule has 0 atom stereocenters. The van der Waals surface area contributed by atoms with Gasteiger partial charge in [0, 0.05) is 17.3 Å². The standard InChI is InChI=1S/C12H17ClN2OS/c13-11-4-2-10(3-5-11)8-17-9-12(16)15-7-1-6-14/h2-5H,1,6-9,14H2,(H,15,16). The van der Waals surface area contributed by atoms with Gasteiger partial charge >= 0.3 is 0 Å². The Morgan fingerprint density at radius 2 is 2.06 bits per heavy atom. The summed E-state index contributed by atoms with van der Waals surface area (Å²) in [7, 11) is 0. The number of carbonyl (C=O) groups excluding carboxylic acids is 1. The van der Waals surface area contributed by atoms with E-state index in [0.717, 1.165) is 17.2 Å². The number of nitrogens with two attached hydrogens (primary N) is 1. The summed E-state index contributed by atoms with van der Waals surface area (Å²) in [4.78, 5) is 11.4. The Hall–Kier alpha value is -0.710. The van der Waals surface area contributed by atoms with Crippen molar-refractivity contribution in [1.29, 1.82) is 0 Å². The van der Waals surface area contributed by atoms with Crippen LogP contribution in [-0.4, -0.2) is 24.7 Å². The Labute approximate surface area is 111 Å². The first-order valence-corrected chi connectivity index (χ1v) is 7.04. The molecular formula is C12H17ClN2OS. The van der Waals surface area contributed by atoms with Crippen molar-refractivity contribution in [3.8, 4) is 0 Å². The van der Waals surface area contributed by atoms with Crippen LogP contribution in [0.1, 0.15) is 12.0 Å². The average molecular weight is 273 g/mol. The second-order valence-electron chi connectivity index (χ2n) is 3.61. The van der Waals surface area contributed by atoms with E-state index < -0.39 is 0 Å². The lowest BCUT2D eigenvalue weighted by Crippen LogP contribution is -2.27. The van der Waals surface area contributed by atoms with Crippen LogP contribution in [0.4, 0.5) is 0 Å². The maximum absolute atomic E-state index is 11.4. The molecule has 5 heteroatoms. The van der Waals surface area contributed by atoms with Crippen LogP contribution in [0.25, 0.3) is 0 Å². The maximum atomic E-state index is 11.4. The fourth-order valence-corrected chi connectivity index (χ4v) is 2.17. The van der Waals surface area contributed by atoms with Gasteiger partial charge in [0.15, 0.2) is 0 Å². The third kappa shape index (κ3) is 6.56. The van der Waals surface area contributed by atoms with Crippen molar-refractivity contribution in [3.05, 3.63) is 34.9 Å². The minimum absolute atomic E-state index is 0.0670. The molecule has 0 saturated heterocycles. The first-order valence-electron chi connectivity index (χ1n) is 5.51. The number of nitrogens with one attached hydrogen (secondary N) is 1. The van der Waals surface area contributed by atoms with Crippen LogP contribution in [0.5, 0.6) is 0 Å². The summed E-state index contributed by atoms with van der Waals surface area (Å²) in [5, 5.41) is 3.55. The largest absolute Gasteiger partial charge is 0.355 e. The Balaban J connectivity index is 2.14. The van der Waals surface area contributed by atoms with E-state index in [2.05, 4.69) is 5.32 Å². The smallest absolute Gasteiger partial charge is 0.230 e. The Morgan fingerprint density at radius 3 is 2.71 bits per heavy atom. The molecule has 0 saturated carbocycles. The highest BCUT2D eigenvalue weighted by molar-refractivity contribution is 7.99. The van der Waals surface area contributed by atoms with Crippen molar-refractivity contribution < 1.29 is 4.79 Å². The molecule has 0 spiro atoms. The van der Waals surface area contributed by atoms with E-state index in [4.69, 9.17) is 17.3 Å². The monoisotopic (exact) mass is 272 g/mol. The summed E-state index contributed by atoms with van der Waals surface area (Å²) >= 11 is 7.38. The van der Waals surface area contributed by atoms with Gasteiger partial charge in [-0.05, 0) is 30.7 Å². The molecule has 0 aliphatic heterocycles.